The molecule has 1 aromatic rings. The van der Waals surface area contributed by atoms with Crippen molar-refractivity contribution in [2.45, 2.75) is 19.4 Å². The van der Waals surface area contributed by atoms with Crippen molar-refractivity contribution in [3.8, 4) is 0 Å². The summed E-state index contributed by atoms with van der Waals surface area (Å²) in [5.74, 6) is 2.64. The molecule has 2 saturated heterocycles. The Morgan fingerprint density at radius 1 is 1.45 bits per heavy atom. The van der Waals surface area contributed by atoms with Gasteiger partial charge >= 0.3 is 6.03 Å². The molecule has 0 radical (unpaired) electrons. The van der Waals surface area contributed by atoms with Gasteiger partial charge in [-0.25, -0.2) is 4.79 Å². The van der Waals surface area contributed by atoms with Crippen LogP contribution in [0, 0.1) is 5.92 Å². The Bertz CT molecular complexity index is 489. The Morgan fingerprint density at radius 3 is 2.95 bits per heavy atom. The average molecular weight is 294 g/mol. The number of amides is 2. The minimum atomic E-state index is 0.172. The van der Waals surface area contributed by atoms with Gasteiger partial charge in [-0.15, -0.1) is 0 Å². The molecule has 110 valence electrons. The van der Waals surface area contributed by atoms with Crippen LogP contribution in [0.2, 0.25) is 0 Å². The number of likely N-dealkylation sites (tertiary alicyclic amines) is 1. The van der Waals surface area contributed by atoms with Crippen molar-refractivity contribution < 1.29 is 4.79 Å². The molecule has 0 saturated carbocycles. The molecule has 0 bridgehead atoms. The maximum absolute atomic E-state index is 12.8. The van der Waals surface area contributed by atoms with Crippen LogP contribution in [-0.2, 0) is 7.05 Å². The zero-order valence-corrected chi connectivity index (χ0v) is 13.0. The number of aryl methyl sites for hydroxylation is 1. The number of nitrogens with zero attached hydrogens (tertiary/aromatic N) is 4. The van der Waals surface area contributed by atoms with Crippen molar-refractivity contribution in [3.05, 3.63) is 18.0 Å². The highest BCUT2D eigenvalue weighted by Gasteiger charge is 2.34. The molecule has 2 aliphatic rings. The Morgan fingerprint density at radius 2 is 2.30 bits per heavy atom. The average Bonchev–Trinajstić information content (AvgIpc) is 3.07. The second-order valence-electron chi connectivity index (χ2n) is 5.85. The van der Waals surface area contributed by atoms with Crippen molar-refractivity contribution in [2.24, 2.45) is 13.0 Å². The van der Waals surface area contributed by atoms with E-state index in [0.717, 1.165) is 43.1 Å². The number of thioether (sulfide) groups is 1. The molecule has 5 nitrogen and oxygen atoms in total. The smallest absolute Gasteiger partial charge is 0.320 e. The first kappa shape index (κ1) is 13.8. The lowest BCUT2D eigenvalue weighted by molar-refractivity contribution is 0.147. The minimum Gasteiger partial charge on any atom is -0.324 e. The molecular weight excluding hydrogens is 272 g/mol. The summed E-state index contributed by atoms with van der Waals surface area (Å²) in [4.78, 5) is 16.8. The van der Waals surface area contributed by atoms with Crippen molar-refractivity contribution in [3.63, 3.8) is 0 Å². The van der Waals surface area contributed by atoms with Crippen LogP contribution >= 0.6 is 11.8 Å². The normalized spacial score (nSPS) is 27.1. The predicted octanol–water partition coefficient (Wildman–Crippen LogP) is 1.97. The van der Waals surface area contributed by atoms with Gasteiger partial charge in [0.25, 0.3) is 0 Å². The third-order valence-electron chi connectivity index (χ3n) is 4.18. The van der Waals surface area contributed by atoms with Crippen LogP contribution in [-0.4, -0.2) is 56.8 Å². The molecule has 2 unspecified atom stereocenters. The number of urea groups is 1. The number of rotatable bonds is 1. The van der Waals surface area contributed by atoms with Gasteiger partial charge in [-0.1, -0.05) is 6.92 Å². The minimum absolute atomic E-state index is 0.172. The molecular formula is C14H22N4OS. The van der Waals surface area contributed by atoms with Crippen LogP contribution in [0.5, 0.6) is 0 Å². The van der Waals surface area contributed by atoms with E-state index in [0.29, 0.717) is 5.92 Å². The van der Waals surface area contributed by atoms with E-state index in [1.54, 1.807) is 0 Å². The quantitative estimate of drug-likeness (QED) is 0.795. The first-order valence-electron chi connectivity index (χ1n) is 7.27. The first-order chi connectivity index (χ1) is 9.65. The summed E-state index contributed by atoms with van der Waals surface area (Å²) < 4.78 is 1.81. The molecule has 0 aromatic carbocycles. The third kappa shape index (κ3) is 2.66. The highest BCUT2D eigenvalue weighted by molar-refractivity contribution is 7.99. The highest BCUT2D eigenvalue weighted by atomic mass is 32.2. The molecule has 0 N–H and O–H groups in total. The van der Waals surface area contributed by atoms with Gasteiger partial charge in [-0.2, -0.15) is 16.9 Å². The van der Waals surface area contributed by atoms with Crippen molar-refractivity contribution in [1.82, 2.24) is 19.6 Å². The Balaban J connectivity index is 1.76. The molecule has 20 heavy (non-hydrogen) atoms. The topological polar surface area (TPSA) is 41.4 Å². The van der Waals surface area contributed by atoms with Crippen LogP contribution in [0.1, 0.15) is 24.9 Å². The van der Waals surface area contributed by atoms with Crippen molar-refractivity contribution in [2.75, 3.05) is 31.1 Å². The molecule has 3 heterocycles. The summed E-state index contributed by atoms with van der Waals surface area (Å²) >= 11 is 1.92. The number of aromatic nitrogens is 2. The van der Waals surface area contributed by atoms with E-state index in [1.807, 2.05) is 45.7 Å². The Hall–Kier alpha value is -1.17. The summed E-state index contributed by atoms with van der Waals surface area (Å²) in [7, 11) is 1.92. The largest absolute Gasteiger partial charge is 0.324 e. The standard InChI is InChI=1S/C14H22N4OS/c1-11-3-4-17(8-11)14(19)18-5-6-20-10-13(18)12-7-15-16(2)9-12/h7,9,11,13H,3-6,8,10H2,1-2H3. The molecule has 3 rings (SSSR count). The number of hydrogen-bond donors (Lipinski definition) is 0. The molecule has 6 heteroatoms. The monoisotopic (exact) mass is 294 g/mol. The summed E-state index contributed by atoms with van der Waals surface area (Å²) in [6.07, 6.45) is 5.05. The molecule has 2 atom stereocenters. The van der Waals surface area contributed by atoms with Crippen molar-refractivity contribution in [1.29, 1.82) is 0 Å². The number of carbonyl (C=O) groups excluding carboxylic acids is 1. The molecule has 2 aliphatic heterocycles. The summed E-state index contributed by atoms with van der Waals surface area (Å²) in [5.41, 5.74) is 1.15. The lowest BCUT2D eigenvalue weighted by Crippen LogP contribution is -2.47. The van der Waals surface area contributed by atoms with E-state index in [4.69, 9.17) is 0 Å². The van der Waals surface area contributed by atoms with E-state index >= 15 is 0 Å². The lowest BCUT2D eigenvalue weighted by Gasteiger charge is -2.37. The second-order valence-corrected chi connectivity index (χ2v) is 7.00. The third-order valence-corrected chi connectivity index (χ3v) is 5.20. The molecule has 2 amide bonds. The van der Waals surface area contributed by atoms with Gasteiger partial charge in [0.2, 0.25) is 0 Å². The fourth-order valence-corrected chi connectivity index (χ4v) is 4.10. The predicted molar refractivity (Wildman–Crippen MR) is 80.7 cm³/mol. The van der Waals surface area contributed by atoms with Crippen LogP contribution in [0.4, 0.5) is 4.79 Å². The molecule has 0 spiro atoms. The molecule has 1 aromatic heterocycles. The summed E-state index contributed by atoms with van der Waals surface area (Å²) in [6, 6.07) is 0.384. The van der Waals surface area contributed by atoms with E-state index in [2.05, 4.69) is 12.0 Å². The van der Waals surface area contributed by atoms with E-state index < -0.39 is 0 Å². The lowest BCUT2D eigenvalue weighted by atomic mass is 10.1. The van der Waals surface area contributed by atoms with Gasteiger partial charge in [0.05, 0.1) is 12.2 Å². The number of carbonyl (C=O) groups is 1. The summed E-state index contributed by atoms with van der Waals surface area (Å²) in [5, 5.41) is 4.25. The Kier molecular flexibility index (Phi) is 3.92. The highest BCUT2D eigenvalue weighted by Crippen LogP contribution is 2.31. The maximum atomic E-state index is 12.8. The zero-order valence-electron chi connectivity index (χ0n) is 12.2. The van der Waals surface area contributed by atoms with Gasteiger partial charge < -0.3 is 9.80 Å². The number of hydrogen-bond acceptors (Lipinski definition) is 3. The van der Waals surface area contributed by atoms with Gasteiger partial charge in [-0.3, -0.25) is 4.68 Å². The van der Waals surface area contributed by atoms with E-state index in [9.17, 15) is 4.79 Å². The second kappa shape index (κ2) is 5.68. The van der Waals surface area contributed by atoms with Crippen LogP contribution < -0.4 is 0 Å². The van der Waals surface area contributed by atoms with Gasteiger partial charge in [0.15, 0.2) is 0 Å². The van der Waals surface area contributed by atoms with Gasteiger partial charge in [0.1, 0.15) is 0 Å². The summed E-state index contributed by atoms with van der Waals surface area (Å²) in [6.45, 7) is 4.87. The molecule has 2 fully saturated rings. The van der Waals surface area contributed by atoms with Gasteiger partial charge in [0, 0.05) is 49.9 Å². The van der Waals surface area contributed by atoms with Crippen molar-refractivity contribution >= 4 is 17.8 Å². The fraction of sp³-hybridized carbons (Fsp3) is 0.714. The van der Waals surface area contributed by atoms with Crippen LogP contribution in [0.3, 0.4) is 0 Å². The molecule has 0 aliphatic carbocycles. The Labute approximate surface area is 124 Å². The van der Waals surface area contributed by atoms with Crippen LogP contribution in [0.25, 0.3) is 0 Å². The van der Waals surface area contributed by atoms with E-state index in [1.165, 1.54) is 0 Å². The van der Waals surface area contributed by atoms with E-state index in [-0.39, 0.29) is 12.1 Å². The SMILES string of the molecule is CC1CCN(C(=O)N2CCSCC2c2cnn(C)c2)C1. The fourth-order valence-electron chi connectivity index (χ4n) is 3.01. The zero-order chi connectivity index (χ0) is 14.1. The van der Waals surface area contributed by atoms with Gasteiger partial charge in [-0.05, 0) is 12.3 Å². The maximum Gasteiger partial charge on any atom is 0.320 e. The first-order valence-corrected chi connectivity index (χ1v) is 8.42. The van der Waals surface area contributed by atoms with Crippen LogP contribution in [0.15, 0.2) is 12.4 Å².